The van der Waals surface area contributed by atoms with Crippen molar-refractivity contribution in [2.45, 2.75) is 19.8 Å². The van der Waals surface area contributed by atoms with E-state index in [1.54, 1.807) is 0 Å². The van der Waals surface area contributed by atoms with Gasteiger partial charge in [0.1, 0.15) is 0 Å². The SMILES string of the molecule is CCNCCC1=CCc2ccccc21. The van der Waals surface area contributed by atoms with Crippen molar-refractivity contribution in [3.63, 3.8) is 0 Å². The van der Waals surface area contributed by atoms with Crippen molar-refractivity contribution in [3.05, 3.63) is 41.5 Å². The molecule has 0 aliphatic heterocycles. The Morgan fingerprint density at radius 2 is 2.14 bits per heavy atom. The first-order valence-electron chi connectivity index (χ1n) is 5.40. The van der Waals surface area contributed by atoms with Gasteiger partial charge >= 0.3 is 0 Å². The molecule has 0 spiro atoms. The molecule has 14 heavy (non-hydrogen) atoms. The van der Waals surface area contributed by atoms with Crippen LogP contribution >= 0.6 is 0 Å². The zero-order valence-electron chi connectivity index (χ0n) is 8.72. The molecule has 0 atom stereocenters. The minimum Gasteiger partial charge on any atom is -0.317 e. The Hall–Kier alpha value is -1.08. The zero-order valence-corrected chi connectivity index (χ0v) is 8.72. The van der Waals surface area contributed by atoms with E-state index in [0.717, 1.165) is 25.9 Å². The van der Waals surface area contributed by atoms with Crippen LogP contribution in [0, 0.1) is 0 Å². The third kappa shape index (κ3) is 1.88. The van der Waals surface area contributed by atoms with Crippen molar-refractivity contribution in [1.29, 1.82) is 0 Å². The van der Waals surface area contributed by atoms with E-state index in [1.807, 2.05) is 0 Å². The van der Waals surface area contributed by atoms with Crippen LogP contribution in [0.4, 0.5) is 0 Å². The molecular formula is C13H17N. The molecule has 1 aliphatic carbocycles. The van der Waals surface area contributed by atoms with E-state index in [1.165, 1.54) is 16.7 Å². The standard InChI is InChI=1S/C13H17N/c1-2-14-10-9-12-8-7-11-5-3-4-6-13(11)12/h3-6,8,14H,2,7,9-10H2,1H3. The highest BCUT2D eigenvalue weighted by molar-refractivity contribution is 5.72. The van der Waals surface area contributed by atoms with Gasteiger partial charge in [-0.1, -0.05) is 37.3 Å². The van der Waals surface area contributed by atoms with E-state index in [0.29, 0.717) is 0 Å². The van der Waals surface area contributed by atoms with Gasteiger partial charge in [-0.25, -0.2) is 0 Å². The molecule has 0 unspecified atom stereocenters. The van der Waals surface area contributed by atoms with Crippen molar-refractivity contribution in [3.8, 4) is 0 Å². The number of hydrogen-bond donors (Lipinski definition) is 1. The predicted octanol–water partition coefficient (Wildman–Crippen LogP) is 2.63. The molecule has 74 valence electrons. The molecule has 1 N–H and O–H groups in total. The average Bonchev–Trinajstić information content (AvgIpc) is 2.63. The maximum atomic E-state index is 3.37. The van der Waals surface area contributed by atoms with Gasteiger partial charge in [0.15, 0.2) is 0 Å². The fourth-order valence-corrected chi connectivity index (χ4v) is 1.99. The molecule has 1 nitrogen and oxygen atoms in total. The van der Waals surface area contributed by atoms with Crippen molar-refractivity contribution in [1.82, 2.24) is 5.32 Å². The van der Waals surface area contributed by atoms with Crippen LogP contribution in [0.5, 0.6) is 0 Å². The van der Waals surface area contributed by atoms with E-state index >= 15 is 0 Å². The van der Waals surface area contributed by atoms with Gasteiger partial charge in [0.25, 0.3) is 0 Å². The van der Waals surface area contributed by atoms with Crippen molar-refractivity contribution < 1.29 is 0 Å². The zero-order chi connectivity index (χ0) is 9.80. The second kappa shape index (κ2) is 4.43. The molecule has 2 rings (SSSR count). The smallest absolute Gasteiger partial charge is 0.000836 e. The van der Waals surface area contributed by atoms with Gasteiger partial charge in [-0.2, -0.15) is 0 Å². The lowest BCUT2D eigenvalue weighted by Gasteiger charge is -2.05. The summed E-state index contributed by atoms with van der Waals surface area (Å²) in [6, 6.07) is 8.72. The number of nitrogens with one attached hydrogen (secondary N) is 1. The van der Waals surface area contributed by atoms with Crippen LogP contribution in [-0.2, 0) is 6.42 Å². The highest BCUT2D eigenvalue weighted by atomic mass is 14.8. The molecule has 1 aliphatic rings. The summed E-state index contributed by atoms with van der Waals surface area (Å²) in [5, 5.41) is 3.37. The molecule has 0 saturated carbocycles. The lowest BCUT2D eigenvalue weighted by molar-refractivity contribution is 0.732. The summed E-state index contributed by atoms with van der Waals surface area (Å²) in [6.45, 7) is 4.31. The predicted molar refractivity (Wildman–Crippen MR) is 61.3 cm³/mol. The average molecular weight is 187 g/mol. The first kappa shape index (κ1) is 9.47. The van der Waals surface area contributed by atoms with Gasteiger partial charge in [-0.05, 0) is 42.6 Å². The Bertz CT molecular complexity index is 339. The number of rotatable bonds is 4. The Morgan fingerprint density at radius 3 is 3.00 bits per heavy atom. The maximum Gasteiger partial charge on any atom is -0.000836 e. The van der Waals surface area contributed by atoms with E-state index in [-0.39, 0.29) is 0 Å². The van der Waals surface area contributed by atoms with E-state index in [4.69, 9.17) is 0 Å². The number of hydrogen-bond acceptors (Lipinski definition) is 1. The number of allylic oxidation sites excluding steroid dienone is 1. The van der Waals surface area contributed by atoms with Gasteiger partial charge in [0.2, 0.25) is 0 Å². The second-order valence-electron chi connectivity index (χ2n) is 3.69. The minimum absolute atomic E-state index is 1.06. The molecule has 0 heterocycles. The molecule has 0 fully saturated rings. The lowest BCUT2D eigenvalue weighted by atomic mass is 10.0. The third-order valence-corrected chi connectivity index (χ3v) is 2.75. The molecule has 0 aromatic heterocycles. The highest BCUT2D eigenvalue weighted by Gasteiger charge is 2.11. The summed E-state index contributed by atoms with van der Waals surface area (Å²) in [6.07, 6.45) is 4.64. The summed E-state index contributed by atoms with van der Waals surface area (Å²) >= 11 is 0. The molecule has 0 radical (unpaired) electrons. The second-order valence-corrected chi connectivity index (χ2v) is 3.69. The molecule has 0 amide bonds. The summed E-state index contributed by atoms with van der Waals surface area (Å²) in [5.74, 6) is 0. The largest absolute Gasteiger partial charge is 0.317 e. The van der Waals surface area contributed by atoms with Crippen LogP contribution in [0.15, 0.2) is 30.3 Å². The van der Waals surface area contributed by atoms with Crippen LogP contribution < -0.4 is 5.32 Å². The molecular weight excluding hydrogens is 170 g/mol. The van der Waals surface area contributed by atoms with Gasteiger partial charge in [0, 0.05) is 0 Å². The van der Waals surface area contributed by atoms with Gasteiger partial charge in [-0.3, -0.25) is 0 Å². The fraction of sp³-hybridized carbons (Fsp3) is 0.385. The molecule has 1 aromatic carbocycles. The Balaban J connectivity index is 2.02. The molecule has 0 saturated heterocycles. The maximum absolute atomic E-state index is 3.37. The van der Waals surface area contributed by atoms with Gasteiger partial charge in [-0.15, -0.1) is 0 Å². The third-order valence-electron chi connectivity index (χ3n) is 2.75. The highest BCUT2D eigenvalue weighted by Crippen LogP contribution is 2.28. The van der Waals surface area contributed by atoms with E-state index in [9.17, 15) is 0 Å². The summed E-state index contributed by atoms with van der Waals surface area (Å²) in [7, 11) is 0. The number of fused-ring (bicyclic) bond motifs is 1. The van der Waals surface area contributed by atoms with Crippen LogP contribution in [-0.4, -0.2) is 13.1 Å². The van der Waals surface area contributed by atoms with Gasteiger partial charge in [0.05, 0.1) is 0 Å². The van der Waals surface area contributed by atoms with Crippen LogP contribution in [0.25, 0.3) is 5.57 Å². The van der Waals surface area contributed by atoms with Crippen molar-refractivity contribution in [2.75, 3.05) is 13.1 Å². The van der Waals surface area contributed by atoms with Crippen LogP contribution in [0.3, 0.4) is 0 Å². The molecule has 0 bridgehead atoms. The summed E-state index contributed by atoms with van der Waals surface area (Å²) < 4.78 is 0. The first-order valence-corrected chi connectivity index (χ1v) is 5.40. The van der Waals surface area contributed by atoms with Crippen molar-refractivity contribution in [2.24, 2.45) is 0 Å². The molecule has 1 aromatic rings. The summed E-state index contributed by atoms with van der Waals surface area (Å²) in [5.41, 5.74) is 4.46. The van der Waals surface area contributed by atoms with Crippen LogP contribution in [0.1, 0.15) is 24.5 Å². The van der Waals surface area contributed by atoms with Crippen LogP contribution in [0.2, 0.25) is 0 Å². The monoisotopic (exact) mass is 187 g/mol. The summed E-state index contributed by atoms with van der Waals surface area (Å²) in [4.78, 5) is 0. The normalized spacial score (nSPS) is 13.9. The van der Waals surface area contributed by atoms with E-state index < -0.39 is 0 Å². The van der Waals surface area contributed by atoms with Gasteiger partial charge < -0.3 is 5.32 Å². The fourth-order valence-electron chi connectivity index (χ4n) is 1.99. The first-order chi connectivity index (χ1) is 6.92. The Kier molecular flexibility index (Phi) is 3.00. The topological polar surface area (TPSA) is 12.0 Å². The number of benzene rings is 1. The quantitative estimate of drug-likeness (QED) is 0.714. The van der Waals surface area contributed by atoms with Crippen molar-refractivity contribution >= 4 is 5.57 Å². The Labute approximate surface area is 85.8 Å². The Morgan fingerprint density at radius 1 is 1.29 bits per heavy atom. The molecule has 1 heteroatoms. The van der Waals surface area contributed by atoms with E-state index in [2.05, 4.69) is 42.6 Å². The minimum atomic E-state index is 1.06. The lowest BCUT2D eigenvalue weighted by Crippen LogP contribution is -2.14.